The number of aryl methyl sites for hydroxylation is 1. The summed E-state index contributed by atoms with van der Waals surface area (Å²) in [4.78, 5) is 31.6. The van der Waals surface area contributed by atoms with Crippen molar-refractivity contribution in [3.8, 4) is 10.4 Å². The van der Waals surface area contributed by atoms with Crippen molar-refractivity contribution >= 4 is 23.3 Å². The zero-order chi connectivity index (χ0) is 26.6. The molecule has 2 aliphatic rings. The summed E-state index contributed by atoms with van der Waals surface area (Å²) in [5.41, 5.74) is 3.02. The summed E-state index contributed by atoms with van der Waals surface area (Å²) in [7, 11) is 1.76. The van der Waals surface area contributed by atoms with Gasteiger partial charge in [-0.15, -0.1) is 11.3 Å². The maximum Gasteiger partial charge on any atom is 0.407 e. The van der Waals surface area contributed by atoms with E-state index in [0.29, 0.717) is 19.0 Å². The van der Waals surface area contributed by atoms with Crippen LogP contribution in [0.1, 0.15) is 66.8 Å². The molecule has 0 radical (unpaired) electrons. The number of rotatable bonds is 7. The molecule has 37 heavy (non-hydrogen) atoms. The zero-order valence-corrected chi connectivity index (χ0v) is 23.7. The summed E-state index contributed by atoms with van der Waals surface area (Å²) in [6.07, 6.45) is 2.66. The van der Waals surface area contributed by atoms with Crippen LogP contribution in [0.25, 0.3) is 10.4 Å². The largest absolute Gasteiger partial charge is 0.444 e. The predicted octanol–water partition coefficient (Wildman–Crippen LogP) is 5.29. The average Bonchev–Trinajstić information content (AvgIpc) is 3.48. The lowest BCUT2D eigenvalue weighted by Gasteiger charge is -2.32. The molecule has 0 saturated carbocycles. The third-order valence-electron chi connectivity index (χ3n) is 7.17. The van der Waals surface area contributed by atoms with Crippen LogP contribution in [-0.4, -0.2) is 79.9 Å². The minimum atomic E-state index is -0.539. The Morgan fingerprint density at radius 2 is 1.78 bits per heavy atom. The number of hydrogen-bond donors (Lipinski definition) is 1. The van der Waals surface area contributed by atoms with Crippen LogP contribution in [0.2, 0.25) is 0 Å². The van der Waals surface area contributed by atoms with Crippen LogP contribution >= 0.6 is 11.3 Å². The van der Waals surface area contributed by atoms with Crippen molar-refractivity contribution in [2.75, 3.05) is 46.4 Å². The Morgan fingerprint density at radius 1 is 1.08 bits per heavy atom. The minimum absolute atomic E-state index is 0.0408. The van der Waals surface area contributed by atoms with Gasteiger partial charge in [-0.1, -0.05) is 24.3 Å². The molecular weight excluding hydrogens is 486 g/mol. The Kier molecular flexibility index (Phi) is 8.93. The first-order valence-electron chi connectivity index (χ1n) is 13.3. The molecule has 1 atom stereocenters. The molecule has 3 heterocycles. The number of likely N-dealkylation sites (tertiary alicyclic amines) is 2. The second kappa shape index (κ2) is 12.0. The fourth-order valence-electron chi connectivity index (χ4n) is 5.15. The first-order chi connectivity index (χ1) is 17.6. The Hall–Kier alpha value is -2.42. The molecule has 2 aromatic rings. The summed E-state index contributed by atoms with van der Waals surface area (Å²) >= 11 is 1.56. The monoisotopic (exact) mass is 527 g/mol. The van der Waals surface area contributed by atoms with Gasteiger partial charge in [0.25, 0.3) is 5.91 Å². The van der Waals surface area contributed by atoms with Gasteiger partial charge in [-0.2, -0.15) is 0 Å². The number of amides is 2. The number of alkyl carbamates (subject to hydrolysis) is 1. The number of nitrogens with one attached hydrogen (secondary N) is 1. The standard InChI is InChI=1S/C29H41N3O4S/c1-20-18-25(23-8-6-21(7-9-23)22-10-13-31(14-11-22)16-17-35-5)37-26(20)27(33)32-15-12-24(19-32)30-28(34)36-29(2,3)4/h6-9,18,22,24H,10-17,19H2,1-5H3,(H,30,34)/t24-/m0/s1. The molecule has 1 aromatic carbocycles. The van der Waals surface area contributed by atoms with Gasteiger partial charge >= 0.3 is 6.09 Å². The molecule has 202 valence electrons. The second-order valence-electron chi connectivity index (χ2n) is 11.2. The van der Waals surface area contributed by atoms with Crippen LogP contribution in [0.5, 0.6) is 0 Å². The maximum atomic E-state index is 13.3. The van der Waals surface area contributed by atoms with Crippen LogP contribution in [0.15, 0.2) is 30.3 Å². The lowest BCUT2D eigenvalue weighted by molar-refractivity contribution is 0.0502. The molecule has 2 aliphatic heterocycles. The van der Waals surface area contributed by atoms with Gasteiger partial charge in [0.1, 0.15) is 5.60 Å². The fraction of sp³-hybridized carbons (Fsp3) is 0.586. The number of hydrogen-bond acceptors (Lipinski definition) is 6. The van der Waals surface area contributed by atoms with E-state index in [1.54, 1.807) is 18.4 Å². The highest BCUT2D eigenvalue weighted by Crippen LogP contribution is 2.35. The van der Waals surface area contributed by atoms with Crippen molar-refractivity contribution in [3.63, 3.8) is 0 Å². The van der Waals surface area contributed by atoms with Crippen LogP contribution < -0.4 is 5.32 Å². The van der Waals surface area contributed by atoms with E-state index >= 15 is 0 Å². The minimum Gasteiger partial charge on any atom is -0.444 e. The highest BCUT2D eigenvalue weighted by molar-refractivity contribution is 7.17. The number of benzene rings is 1. The number of carbonyl (C=O) groups excluding carboxylic acids is 2. The molecule has 2 amide bonds. The van der Waals surface area contributed by atoms with Gasteiger partial charge < -0.3 is 24.6 Å². The van der Waals surface area contributed by atoms with Gasteiger partial charge in [0.15, 0.2) is 0 Å². The number of thiophene rings is 1. The Balaban J connectivity index is 1.34. The summed E-state index contributed by atoms with van der Waals surface area (Å²) < 4.78 is 10.6. The van der Waals surface area contributed by atoms with E-state index in [9.17, 15) is 9.59 Å². The van der Waals surface area contributed by atoms with Gasteiger partial charge in [-0.25, -0.2) is 4.79 Å². The summed E-state index contributed by atoms with van der Waals surface area (Å²) in [6, 6.07) is 10.9. The predicted molar refractivity (Wildman–Crippen MR) is 148 cm³/mol. The summed E-state index contributed by atoms with van der Waals surface area (Å²) in [6.45, 7) is 12.7. The highest BCUT2D eigenvalue weighted by Gasteiger charge is 2.31. The lowest BCUT2D eigenvalue weighted by Crippen LogP contribution is -2.41. The number of ether oxygens (including phenoxy) is 2. The van der Waals surface area contributed by atoms with Crippen LogP contribution in [0.4, 0.5) is 4.79 Å². The SMILES string of the molecule is COCCN1CCC(c2ccc(-c3cc(C)c(C(=O)N4CC[C@H](NC(=O)OC(C)(C)C)C4)s3)cc2)CC1. The van der Waals surface area contributed by atoms with E-state index in [2.05, 4.69) is 40.5 Å². The molecule has 4 rings (SSSR count). The third kappa shape index (κ3) is 7.33. The van der Waals surface area contributed by atoms with Crippen molar-refractivity contribution in [3.05, 3.63) is 46.3 Å². The molecule has 8 heteroatoms. The molecule has 0 unspecified atom stereocenters. The quantitative estimate of drug-likeness (QED) is 0.530. The highest BCUT2D eigenvalue weighted by atomic mass is 32.1. The van der Waals surface area contributed by atoms with Gasteiger partial charge in [0.2, 0.25) is 0 Å². The number of piperidine rings is 1. The summed E-state index contributed by atoms with van der Waals surface area (Å²) in [5, 5.41) is 2.90. The lowest BCUT2D eigenvalue weighted by atomic mass is 9.89. The van der Waals surface area contributed by atoms with E-state index in [-0.39, 0.29) is 11.9 Å². The van der Waals surface area contributed by atoms with Crippen molar-refractivity contribution in [1.82, 2.24) is 15.1 Å². The van der Waals surface area contributed by atoms with Crippen LogP contribution in [0, 0.1) is 6.92 Å². The fourth-order valence-corrected chi connectivity index (χ4v) is 6.29. The number of carbonyl (C=O) groups is 2. The van der Waals surface area contributed by atoms with E-state index < -0.39 is 11.7 Å². The molecule has 0 aliphatic carbocycles. The van der Waals surface area contributed by atoms with E-state index in [1.165, 1.54) is 18.4 Å². The smallest absolute Gasteiger partial charge is 0.407 e. The first-order valence-corrected chi connectivity index (χ1v) is 14.2. The Bertz CT molecular complexity index is 1070. The third-order valence-corrected chi connectivity index (χ3v) is 8.45. The summed E-state index contributed by atoms with van der Waals surface area (Å²) in [5.74, 6) is 0.645. The van der Waals surface area contributed by atoms with Crippen molar-refractivity contribution < 1.29 is 19.1 Å². The topological polar surface area (TPSA) is 71.1 Å². The maximum absolute atomic E-state index is 13.3. The molecule has 0 spiro atoms. The van der Waals surface area contributed by atoms with E-state index in [4.69, 9.17) is 9.47 Å². The molecule has 1 N–H and O–H groups in total. The van der Waals surface area contributed by atoms with Gasteiger partial charge in [0.05, 0.1) is 17.5 Å². The van der Waals surface area contributed by atoms with Crippen molar-refractivity contribution in [1.29, 1.82) is 0 Å². The first kappa shape index (κ1) is 27.6. The van der Waals surface area contributed by atoms with E-state index in [1.807, 2.05) is 32.6 Å². The normalized spacial score (nSPS) is 19.3. The van der Waals surface area contributed by atoms with Gasteiger partial charge in [-0.3, -0.25) is 4.79 Å². The Labute approximate surface area is 225 Å². The zero-order valence-electron chi connectivity index (χ0n) is 22.8. The van der Waals surface area contributed by atoms with Crippen LogP contribution in [-0.2, 0) is 9.47 Å². The molecular formula is C29H41N3O4S. The van der Waals surface area contributed by atoms with Gasteiger partial charge in [-0.05, 0) is 88.7 Å². The molecule has 7 nitrogen and oxygen atoms in total. The van der Waals surface area contributed by atoms with Crippen molar-refractivity contribution in [2.45, 2.75) is 64.5 Å². The molecule has 1 aromatic heterocycles. The second-order valence-corrected chi connectivity index (χ2v) is 12.3. The average molecular weight is 528 g/mol. The van der Waals surface area contributed by atoms with Gasteiger partial charge in [0, 0.05) is 31.6 Å². The number of methoxy groups -OCH3 is 1. The van der Waals surface area contributed by atoms with Crippen molar-refractivity contribution in [2.24, 2.45) is 0 Å². The number of nitrogens with zero attached hydrogens (tertiary/aromatic N) is 2. The van der Waals surface area contributed by atoms with E-state index in [0.717, 1.165) is 53.5 Å². The molecule has 2 saturated heterocycles. The molecule has 0 bridgehead atoms. The molecule has 2 fully saturated rings. The van der Waals surface area contributed by atoms with Crippen LogP contribution in [0.3, 0.4) is 0 Å². The Morgan fingerprint density at radius 3 is 2.43 bits per heavy atom.